The Morgan fingerprint density at radius 3 is 2.86 bits per heavy atom. The van der Waals surface area contributed by atoms with Crippen molar-refractivity contribution in [1.82, 2.24) is 0 Å². The van der Waals surface area contributed by atoms with Gasteiger partial charge < -0.3 is 10.0 Å². The molecule has 5 heteroatoms. The van der Waals surface area contributed by atoms with Gasteiger partial charge >= 0.3 is 0 Å². The summed E-state index contributed by atoms with van der Waals surface area (Å²) in [4.78, 5) is 14.3. The summed E-state index contributed by atoms with van der Waals surface area (Å²) < 4.78 is 13.8. The van der Waals surface area contributed by atoms with Crippen LogP contribution in [0.1, 0.15) is 22.3 Å². The van der Waals surface area contributed by atoms with E-state index in [-0.39, 0.29) is 17.5 Å². The van der Waals surface area contributed by atoms with Gasteiger partial charge in [0.1, 0.15) is 11.6 Å². The number of benzene rings is 2. The molecule has 0 radical (unpaired) electrons. The maximum atomic E-state index is 13.2. The summed E-state index contributed by atoms with van der Waals surface area (Å²) in [6.45, 7) is 0.552. The number of anilines is 1. The van der Waals surface area contributed by atoms with E-state index in [1.165, 1.54) is 18.2 Å². The summed E-state index contributed by atoms with van der Waals surface area (Å²) >= 11 is 1.96. The molecule has 1 heterocycles. The zero-order chi connectivity index (χ0) is 15.0. The molecule has 0 fully saturated rings. The fraction of sp³-hybridized carbons (Fsp3) is 0.188. The molecule has 2 aromatic carbocycles. The highest BCUT2D eigenvalue weighted by Crippen LogP contribution is 2.36. The van der Waals surface area contributed by atoms with Crippen LogP contribution in [0.2, 0.25) is 0 Å². The molecule has 0 spiro atoms. The van der Waals surface area contributed by atoms with Gasteiger partial charge in [0.05, 0.1) is 11.3 Å². The topological polar surface area (TPSA) is 40.5 Å². The van der Waals surface area contributed by atoms with Crippen LogP contribution in [0.4, 0.5) is 10.1 Å². The number of hydrogen-bond donors (Lipinski definition) is 1. The van der Waals surface area contributed by atoms with Crippen molar-refractivity contribution >= 4 is 34.2 Å². The Bertz CT molecular complexity index is 717. The highest BCUT2D eigenvalue weighted by atomic mass is 127. The maximum absolute atomic E-state index is 13.2. The third-order valence-corrected chi connectivity index (χ3v) is 4.50. The van der Waals surface area contributed by atoms with E-state index in [4.69, 9.17) is 0 Å². The third kappa shape index (κ3) is 2.62. The van der Waals surface area contributed by atoms with E-state index in [1.54, 1.807) is 17.0 Å². The smallest absolute Gasteiger partial charge is 0.259 e. The second-order valence-electron chi connectivity index (χ2n) is 4.97. The molecule has 2 aromatic rings. The van der Waals surface area contributed by atoms with Crippen molar-refractivity contribution in [2.75, 3.05) is 11.4 Å². The van der Waals surface area contributed by atoms with Gasteiger partial charge in [-0.25, -0.2) is 4.39 Å². The Kier molecular flexibility index (Phi) is 3.84. The number of nitrogens with zero attached hydrogens (tertiary/aromatic N) is 1. The van der Waals surface area contributed by atoms with Crippen molar-refractivity contribution in [2.24, 2.45) is 0 Å². The van der Waals surface area contributed by atoms with Gasteiger partial charge in [0, 0.05) is 10.1 Å². The number of phenolic OH excluding ortho intramolecular Hbond substituents is 1. The zero-order valence-electron chi connectivity index (χ0n) is 11.1. The number of fused-ring (bicyclic) bond motifs is 1. The van der Waals surface area contributed by atoms with Gasteiger partial charge in [-0.15, -0.1) is 0 Å². The number of carbonyl (C=O) groups excluding carboxylic acids is 1. The van der Waals surface area contributed by atoms with Gasteiger partial charge in [-0.1, -0.05) is 12.1 Å². The van der Waals surface area contributed by atoms with E-state index in [2.05, 4.69) is 0 Å². The van der Waals surface area contributed by atoms with Crippen LogP contribution in [0.3, 0.4) is 0 Å². The number of aromatic hydroxyl groups is 1. The average molecular weight is 397 g/mol. The maximum Gasteiger partial charge on any atom is 0.259 e. The van der Waals surface area contributed by atoms with Gasteiger partial charge in [0.25, 0.3) is 5.91 Å². The standard InChI is InChI=1S/C16H13FINO2/c17-11-6-7-12(13(18)9-11)16(21)19-8-2-4-10-3-1-5-14(20)15(10)19/h1,3,5-7,9,20H,2,4,8H2. The molecule has 3 rings (SSSR count). The van der Waals surface area contributed by atoms with Crippen molar-refractivity contribution in [3.63, 3.8) is 0 Å². The van der Waals surface area contributed by atoms with Gasteiger partial charge in [0.2, 0.25) is 0 Å². The van der Waals surface area contributed by atoms with Crippen molar-refractivity contribution < 1.29 is 14.3 Å². The van der Waals surface area contributed by atoms with Crippen molar-refractivity contribution in [1.29, 1.82) is 0 Å². The molecule has 1 amide bonds. The summed E-state index contributed by atoms with van der Waals surface area (Å²) in [6, 6.07) is 9.40. The number of amides is 1. The fourth-order valence-electron chi connectivity index (χ4n) is 2.64. The van der Waals surface area contributed by atoms with E-state index < -0.39 is 0 Å². The second-order valence-corrected chi connectivity index (χ2v) is 6.13. The molecule has 0 saturated carbocycles. The number of carbonyl (C=O) groups is 1. The summed E-state index contributed by atoms with van der Waals surface area (Å²) in [7, 11) is 0. The number of para-hydroxylation sites is 1. The molecule has 0 aliphatic carbocycles. The number of phenols is 1. The molecule has 0 bridgehead atoms. The van der Waals surface area contributed by atoms with Crippen molar-refractivity contribution in [3.05, 3.63) is 56.9 Å². The molecule has 21 heavy (non-hydrogen) atoms. The van der Waals surface area contributed by atoms with Crippen LogP contribution in [-0.2, 0) is 6.42 Å². The van der Waals surface area contributed by atoms with E-state index >= 15 is 0 Å². The first-order valence-electron chi connectivity index (χ1n) is 6.65. The SMILES string of the molecule is O=C(c1ccc(F)cc1I)N1CCCc2cccc(O)c21. The summed E-state index contributed by atoms with van der Waals surface area (Å²) in [5.74, 6) is -0.461. The van der Waals surface area contributed by atoms with Gasteiger partial charge in [-0.2, -0.15) is 0 Å². The lowest BCUT2D eigenvalue weighted by Crippen LogP contribution is -2.36. The largest absolute Gasteiger partial charge is 0.506 e. The molecule has 108 valence electrons. The Balaban J connectivity index is 2.04. The lowest BCUT2D eigenvalue weighted by molar-refractivity contribution is 0.0983. The lowest BCUT2D eigenvalue weighted by Gasteiger charge is -2.30. The minimum absolute atomic E-state index is 0.109. The molecule has 0 saturated heterocycles. The number of aryl methyl sites for hydroxylation is 1. The molecule has 0 atom stereocenters. The normalized spacial score (nSPS) is 13.9. The van der Waals surface area contributed by atoms with Gasteiger partial charge in [-0.05, 0) is 65.3 Å². The Hall–Kier alpha value is -1.63. The van der Waals surface area contributed by atoms with Crippen LogP contribution in [0, 0.1) is 9.39 Å². The fourth-order valence-corrected chi connectivity index (χ4v) is 3.35. The first kappa shape index (κ1) is 14.3. The van der Waals surface area contributed by atoms with Crippen LogP contribution in [0.5, 0.6) is 5.75 Å². The van der Waals surface area contributed by atoms with Crippen LogP contribution < -0.4 is 4.90 Å². The Labute approximate surface area is 135 Å². The number of halogens is 2. The monoisotopic (exact) mass is 397 g/mol. The van der Waals surface area contributed by atoms with Gasteiger partial charge in [-0.3, -0.25) is 4.79 Å². The summed E-state index contributed by atoms with van der Waals surface area (Å²) in [5.41, 5.74) is 1.99. The first-order chi connectivity index (χ1) is 10.1. The lowest BCUT2D eigenvalue weighted by atomic mass is 10.00. The molecule has 3 nitrogen and oxygen atoms in total. The van der Waals surface area contributed by atoms with Crippen LogP contribution in [0.25, 0.3) is 0 Å². The van der Waals surface area contributed by atoms with Crippen molar-refractivity contribution in [2.45, 2.75) is 12.8 Å². The highest BCUT2D eigenvalue weighted by Gasteiger charge is 2.27. The Morgan fingerprint density at radius 2 is 2.10 bits per heavy atom. The molecule has 1 aliphatic rings. The molecule has 1 aliphatic heterocycles. The minimum atomic E-state index is -0.363. The minimum Gasteiger partial charge on any atom is -0.506 e. The number of rotatable bonds is 1. The van der Waals surface area contributed by atoms with Crippen LogP contribution in [0.15, 0.2) is 36.4 Å². The molecular formula is C16H13FINO2. The summed E-state index contributed by atoms with van der Waals surface area (Å²) in [6.07, 6.45) is 1.69. The highest BCUT2D eigenvalue weighted by molar-refractivity contribution is 14.1. The molecule has 0 unspecified atom stereocenters. The second kappa shape index (κ2) is 5.63. The number of hydrogen-bond acceptors (Lipinski definition) is 2. The molecule has 0 aromatic heterocycles. The average Bonchev–Trinajstić information content (AvgIpc) is 2.46. The zero-order valence-corrected chi connectivity index (χ0v) is 13.3. The molecule has 1 N–H and O–H groups in total. The predicted octanol–water partition coefficient (Wildman–Crippen LogP) is 3.73. The van der Waals surface area contributed by atoms with Gasteiger partial charge in [0.15, 0.2) is 0 Å². The predicted molar refractivity (Wildman–Crippen MR) is 87.2 cm³/mol. The quantitative estimate of drug-likeness (QED) is 0.746. The van der Waals surface area contributed by atoms with E-state index in [0.29, 0.717) is 21.4 Å². The summed E-state index contributed by atoms with van der Waals surface area (Å²) in [5, 5.41) is 10.1. The van der Waals surface area contributed by atoms with Crippen LogP contribution in [-0.4, -0.2) is 17.6 Å². The third-order valence-electron chi connectivity index (χ3n) is 3.60. The molecular weight excluding hydrogens is 384 g/mol. The van der Waals surface area contributed by atoms with Crippen LogP contribution >= 0.6 is 22.6 Å². The first-order valence-corrected chi connectivity index (χ1v) is 7.73. The Morgan fingerprint density at radius 1 is 1.29 bits per heavy atom. The van der Waals surface area contributed by atoms with E-state index in [0.717, 1.165) is 18.4 Å². The van der Waals surface area contributed by atoms with E-state index in [1.807, 2.05) is 28.7 Å². The van der Waals surface area contributed by atoms with Crippen molar-refractivity contribution in [3.8, 4) is 5.75 Å². The van der Waals surface area contributed by atoms with E-state index in [9.17, 15) is 14.3 Å².